The van der Waals surface area contributed by atoms with Crippen LogP contribution in [0.5, 0.6) is 11.5 Å². The number of pyridine rings is 1. The van der Waals surface area contributed by atoms with Crippen LogP contribution in [-0.2, 0) is 11.3 Å². The minimum absolute atomic E-state index is 0.203. The Labute approximate surface area is 145 Å². The quantitative estimate of drug-likeness (QED) is 0.910. The second-order valence-corrected chi connectivity index (χ2v) is 5.87. The van der Waals surface area contributed by atoms with Crippen molar-refractivity contribution in [3.05, 3.63) is 47.8 Å². The Bertz CT molecular complexity index is 757. The van der Waals surface area contributed by atoms with E-state index in [0.29, 0.717) is 18.0 Å². The average Bonchev–Trinajstić information content (AvgIpc) is 3.15. The second-order valence-electron chi connectivity index (χ2n) is 5.87. The third-order valence-corrected chi connectivity index (χ3v) is 4.25. The van der Waals surface area contributed by atoms with Crippen LogP contribution >= 0.6 is 0 Å². The van der Waals surface area contributed by atoms with E-state index in [1.807, 2.05) is 24.3 Å². The Hall–Kier alpha value is -2.80. The predicted molar refractivity (Wildman–Crippen MR) is 91.0 cm³/mol. The number of nitrogens with one attached hydrogen (secondary N) is 1. The van der Waals surface area contributed by atoms with Crippen LogP contribution in [0.3, 0.4) is 0 Å². The van der Waals surface area contributed by atoms with E-state index in [9.17, 15) is 4.79 Å². The van der Waals surface area contributed by atoms with Crippen LogP contribution in [0, 0.1) is 0 Å². The van der Waals surface area contributed by atoms with Gasteiger partial charge in [0.1, 0.15) is 5.69 Å². The first-order valence-corrected chi connectivity index (χ1v) is 8.25. The van der Waals surface area contributed by atoms with Gasteiger partial charge in [0.25, 0.3) is 5.91 Å². The summed E-state index contributed by atoms with van der Waals surface area (Å²) >= 11 is 0. The van der Waals surface area contributed by atoms with Crippen LogP contribution in [-0.4, -0.2) is 44.0 Å². The maximum Gasteiger partial charge on any atom is 0.270 e. The van der Waals surface area contributed by atoms with Gasteiger partial charge in [-0.25, -0.2) is 4.98 Å². The number of anilines is 1. The van der Waals surface area contributed by atoms with Crippen molar-refractivity contribution in [2.24, 2.45) is 0 Å². The van der Waals surface area contributed by atoms with E-state index in [2.05, 4.69) is 15.2 Å². The molecule has 1 fully saturated rings. The van der Waals surface area contributed by atoms with Crippen molar-refractivity contribution in [2.45, 2.75) is 6.54 Å². The van der Waals surface area contributed by atoms with Gasteiger partial charge in [-0.15, -0.1) is 0 Å². The Morgan fingerprint density at radius 1 is 1.12 bits per heavy atom. The molecule has 0 aliphatic carbocycles. The Kier molecular flexibility index (Phi) is 4.39. The summed E-state index contributed by atoms with van der Waals surface area (Å²) in [5, 5.41) is 2.87. The van der Waals surface area contributed by atoms with Gasteiger partial charge in [0, 0.05) is 19.6 Å². The summed E-state index contributed by atoms with van der Waals surface area (Å²) in [6.45, 7) is 3.77. The maximum absolute atomic E-state index is 12.3. The molecule has 1 saturated heterocycles. The minimum atomic E-state index is -0.203. The van der Waals surface area contributed by atoms with Crippen LogP contribution in [0.1, 0.15) is 16.1 Å². The lowest BCUT2D eigenvalue weighted by atomic mass is 10.2. The number of hydrogen-bond donors (Lipinski definition) is 1. The van der Waals surface area contributed by atoms with Gasteiger partial charge in [-0.2, -0.15) is 0 Å². The lowest BCUT2D eigenvalue weighted by molar-refractivity contribution is 0.0945. The zero-order valence-electron chi connectivity index (χ0n) is 13.7. The van der Waals surface area contributed by atoms with E-state index in [1.54, 1.807) is 12.3 Å². The second kappa shape index (κ2) is 6.98. The molecule has 130 valence electrons. The van der Waals surface area contributed by atoms with Crippen LogP contribution in [0.15, 0.2) is 36.5 Å². The molecule has 2 aromatic rings. The average molecular weight is 341 g/mol. The molecule has 0 radical (unpaired) electrons. The molecule has 4 rings (SSSR count). The number of carbonyl (C=O) groups excluding carboxylic acids is 1. The van der Waals surface area contributed by atoms with E-state index >= 15 is 0 Å². The maximum atomic E-state index is 12.3. The fourth-order valence-electron chi connectivity index (χ4n) is 2.85. The van der Waals surface area contributed by atoms with Crippen molar-refractivity contribution < 1.29 is 19.0 Å². The van der Waals surface area contributed by atoms with Gasteiger partial charge in [-0.3, -0.25) is 4.79 Å². The number of rotatable bonds is 4. The molecule has 2 aliphatic rings. The molecule has 25 heavy (non-hydrogen) atoms. The Balaban J connectivity index is 1.36. The van der Waals surface area contributed by atoms with Gasteiger partial charge in [0.05, 0.1) is 25.1 Å². The molecular weight excluding hydrogens is 322 g/mol. The first-order chi connectivity index (χ1) is 12.3. The molecule has 2 aliphatic heterocycles. The number of hydrogen-bond acceptors (Lipinski definition) is 6. The largest absolute Gasteiger partial charge is 0.454 e. The van der Waals surface area contributed by atoms with Gasteiger partial charge in [0.2, 0.25) is 6.79 Å². The summed E-state index contributed by atoms with van der Waals surface area (Å²) in [5.74, 6) is 1.24. The minimum Gasteiger partial charge on any atom is -0.454 e. The van der Waals surface area contributed by atoms with Gasteiger partial charge in [-0.05, 0) is 29.8 Å². The highest BCUT2D eigenvalue weighted by atomic mass is 16.7. The van der Waals surface area contributed by atoms with Gasteiger partial charge in [0.15, 0.2) is 11.5 Å². The monoisotopic (exact) mass is 341 g/mol. The van der Waals surface area contributed by atoms with E-state index in [0.717, 1.165) is 43.3 Å². The summed E-state index contributed by atoms with van der Waals surface area (Å²) in [5.41, 5.74) is 2.36. The normalized spacial score (nSPS) is 15.9. The highest BCUT2D eigenvalue weighted by molar-refractivity contribution is 5.92. The van der Waals surface area contributed by atoms with Gasteiger partial charge in [-0.1, -0.05) is 6.07 Å². The molecule has 0 atom stereocenters. The molecule has 1 N–H and O–H groups in total. The molecule has 0 saturated carbocycles. The zero-order chi connectivity index (χ0) is 17.1. The molecular formula is C18H19N3O4. The van der Waals surface area contributed by atoms with E-state index in [4.69, 9.17) is 14.2 Å². The van der Waals surface area contributed by atoms with Crippen molar-refractivity contribution in [3.63, 3.8) is 0 Å². The molecule has 0 unspecified atom stereocenters. The van der Waals surface area contributed by atoms with Crippen molar-refractivity contribution >= 4 is 11.6 Å². The smallest absolute Gasteiger partial charge is 0.270 e. The number of nitrogens with zero attached hydrogens (tertiary/aromatic N) is 2. The summed E-state index contributed by atoms with van der Waals surface area (Å²) < 4.78 is 16.0. The molecule has 0 spiro atoms. The number of amides is 1. The standard InChI is InChI=1S/C18H19N3O4/c22-18(20-10-13-1-4-16-17(9-13)25-12-24-16)15-3-2-14(11-19-15)21-5-7-23-8-6-21/h1-4,9,11H,5-8,10,12H2,(H,20,22). The van der Waals surface area contributed by atoms with Crippen LogP contribution in [0.4, 0.5) is 5.69 Å². The Morgan fingerprint density at radius 3 is 2.76 bits per heavy atom. The summed E-state index contributed by atoms with van der Waals surface area (Å²) in [6, 6.07) is 9.30. The van der Waals surface area contributed by atoms with Crippen LogP contribution in [0.25, 0.3) is 0 Å². The highest BCUT2D eigenvalue weighted by Crippen LogP contribution is 2.32. The fraction of sp³-hybridized carbons (Fsp3) is 0.333. The first kappa shape index (κ1) is 15.7. The molecule has 1 aromatic carbocycles. The zero-order valence-corrected chi connectivity index (χ0v) is 13.7. The lowest BCUT2D eigenvalue weighted by Gasteiger charge is -2.28. The van der Waals surface area contributed by atoms with E-state index < -0.39 is 0 Å². The first-order valence-electron chi connectivity index (χ1n) is 8.25. The van der Waals surface area contributed by atoms with Crippen LogP contribution in [0.2, 0.25) is 0 Å². The lowest BCUT2D eigenvalue weighted by Crippen LogP contribution is -2.36. The number of benzene rings is 1. The topological polar surface area (TPSA) is 72.9 Å². The van der Waals surface area contributed by atoms with Crippen molar-refractivity contribution in [1.82, 2.24) is 10.3 Å². The highest BCUT2D eigenvalue weighted by Gasteiger charge is 2.15. The summed E-state index contributed by atoms with van der Waals surface area (Å²) in [7, 11) is 0. The predicted octanol–water partition coefficient (Wildman–Crippen LogP) is 1.58. The summed E-state index contributed by atoms with van der Waals surface area (Å²) in [6.07, 6.45) is 1.74. The number of aromatic nitrogens is 1. The molecule has 1 aromatic heterocycles. The summed E-state index contributed by atoms with van der Waals surface area (Å²) in [4.78, 5) is 18.8. The third kappa shape index (κ3) is 3.51. The molecule has 3 heterocycles. The molecule has 1 amide bonds. The van der Waals surface area contributed by atoms with Gasteiger partial charge >= 0.3 is 0 Å². The van der Waals surface area contributed by atoms with Crippen molar-refractivity contribution in [2.75, 3.05) is 38.0 Å². The Morgan fingerprint density at radius 2 is 1.96 bits per heavy atom. The van der Waals surface area contributed by atoms with Crippen molar-refractivity contribution in [1.29, 1.82) is 0 Å². The van der Waals surface area contributed by atoms with E-state index in [1.165, 1.54) is 0 Å². The number of carbonyl (C=O) groups is 1. The molecule has 7 heteroatoms. The van der Waals surface area contributed by atoms with E-state index in [-0.39, 0.29) is 12.7 Å². The van der Waals surface area contributed by atoms with Crippen LogP contribution < -0.4 is 19.7 Å². The number of ether oxygens (including phenoxy) is 3. The van der Waals surface area contributed by atoms with Gasteiger partial charge < -0.3 is 24.4 Å². The van der Waals surface area contributed by atoms with Crippen molar-refractivity contribution in [3.8, 4) is 11.5 Å². The number of fused-ring (bicyclic) bond motifs is 1. The third-order valence-electron chi connectivity index (χ3n) is 4.25. The number of morpholine rings is 1. The molecule has 0 bridgehead atoms. The fourth-order valence-corrected chi connectivity index (χ4v) is 2.85. The SMILES string of the molecule is O=C(NCc1ccc2c(c1)OCO2)c1ccc(N2CCOCC2)cn1. The molecule has 7 nitrogen and oxygen atoms in total.